The molecule has 0 aliphatic carbocycles. The molecule has 0 amide bonds. The van der Waals surface area contributed by atoms with E-state index in [1.165, 1.54) is 5.56 Å². The molecule has 0 saturated carbocycles. The van der Waals surface area contributed by atoms with E-state index in [1.807, 2.05) is 6.07 Å². The Morgan fingerprint density at radius 1 is 1.35 bits per heavy atom. The highest BCUT2D eigenvalue weighted by molar-refractivity contribution is 9.10. The molecule has 0 radical (unpaired) electrons. The normalized spacial score (nSPS) is 11.1. The topological polar surface area (TPSA) is 28.2 Å². The molecule has 0 unspecified atom stereocenters. The summed E-state index contributed by atoms with van der Waals surface area (Å²) in [5.74, 6) is 0. The summed E-state index contributed by atoms with van der Waals surface area (Å²) >= 11 is 5.28. The van der Waals surface area contributed by atoms with Crippen LogP contribution >= 0.6 is 27.3 Å². The summed E-state index contributed by atoms with van der Waals surface area (Å²) in [5, 5.41) is 6.57. The highest BCUT2D eigenvalue weighted by Gasteiger charge is 2.09. The van der Waals surface area contributed by atoms with Gasteiger partial charge in [-0.2, -0.15) is 0 Å². The van der Waals surface area contributed by atoms with Crippen LogP contribution in [-0.2, 0) is 13.1 Å². The second kappa shape index (κ2) is 7.20. The van der Waals surface area contributed by atoms with E-state index < -0.39 is 0 Å². The Balaban J connectivity index is 1.99. The zero-order valence-electron chi connectivity index (χ0n) is 12.1. The van der Waals surface area contributed by atoms with Crippen LogP contribution in [0.4, 0.5) is 5.13 Å². The molecule has 0 saturated heterocycles. The molecule has 5 heteroatoms. The van der Waals surface area contributed by atoms with Crippen molar-refractivity contribution in [1.29, 1.82) is 0 Å². The molecule has 2 aromatic rings. The third-order valence-electron chi connectivity index (χ3n) is 2.92. The summed E-state index contributed by atoms with van der Waals surface area (Å²) in [5.41, 5.74) is 2.38. The Hall–Kier alpha value is -0.910. The van der Waals surface area contributed by atoms with Crippen LogP contribution in [0.1, 0.15) is 25.1 Å². The number of hydrogen-bond acceptors (Lipinski definition) is 4. The van der Waals surface area contributed by atoms with Crippen molar-refractivity contribution in [1.82, 2.24) is 10.3 Å². The molecular formula is C15H20BrN3S. The first-order valence-corrected chi connectivity index (χ1v) is 8.36. The van der Waals surface area contributed by atoms with Crippen molar-refractivity contribution in [2.75, 3.05) is 11.9 Å². The van der Waals surface area contributed by atoms with Crippen molar-refractivity contribution in [3.05, 3.63) is 45.4 Å². The molecule has 2 rings (SSSR count). The fourth-order valence-electron chi connectivity index (χ4n) is 1.81. The van der Waals surface area contributed by atoms with Gasteiger partial charge < -0.3 is 10.2 Å². The van der Waals surface area contributed by atoms with Crippen LogP contribution < -0.4 is 10.2 Å². The van der Waals surface area contributed by atoms with Crippen molar-refractivity contribution >= 4 is 32.4 Å². The number of thiazole rings is 1. The van der Waals surface area contributed by atoms with Crippen LogP contribution in [0.2, 0.25) is 0 Å². The first-order chi connectivity index (χ1) is 9.56. The maximum Gasteiger partial charge on any atom is 0.185 e. The Labute approximate surface area is 133 Å². The number of nitrogens with one attached hydrogen (secondary N) is 1. The molecule has 0 aliphatic rings. The molecule has 20 heavy (non-hydrogen) atoms. The van der Waals surface area contributed by atoms with E-state index in [9.17, 15) is 0 Å². The first kappa shape index (κ1) is 15.5. The van der Waals surface area contributed by atoms with Gasteiger partial charge in [0.05, 0.1) is 5.69 Å². The fourth-order valence-corrected chi connectivity index (χ4v) is 3.01. The number of aromatic nitrogens is 1. The average molecular weight is 354 g/mol. The lowest BCUT2D eigenvalue weighted by atomic mass is 10.2. The van der Waals surface area contributed by atoms with Crippen LogP contribution in [0.5, 0.6) is 0 Å². The van der Waals surface area contributed by atoms with Gasteiger partial charge in [-0.15, -0.1) is 11.3 Å². The molecule has 3 nitrogen and oxygen atoms in total. The highest BCUT2D eigenvalue weighted by atomic mass is 79.9. The van der Waals surface area contributed by atoms with Gasteiger partial charge in [-0.25, -0.2) is 4.98 Å². The smallest absolute Gasteiger partial charge is 0.185 e. The summed E-state index contributed by atoms with van der Waals surface area (Å²) in [6.07, 6.45) is 0. The molecule has 0 spiro atoms. The number of rotatable bonds is 6. The van der Waals surface area contributed by atoms with E-state index in [2.05, 4.69) is 75.6 Å². The van der Waals surface area contributed by atoms with E-state index >= 15 is 0 Å². The summed E-state index contributed by atoms with van der Waals surface area (Å²) in [6, 6.07) is 8.79. The summed E-state index contributed by atoms with van der Waals surface area (Å²) in [7, 11) is 2.08. The van der Waals surface area contributed by atoms with Crippen LogP contribution in [0.25, 0.3) is 0 Å². The van der Waals surface area contributed by atoms with E-state index in [4.69, 9.17) is 0 Å². The monoisotopic (exact) mass is 353 g/mol. The number of nitrogens with zero attached hydrogens (tertiary/aromatic N) is 2. The molecule has 1 N–H and O–H groups in total. The van der Waals surface area contributed by atoms with Crippen LogP contribution in [0.15, 0.2) is 34.1 Å². The summed E-state index contributed by atoms with van der Waals surface area (Å²) < 4.78 is 1.14. The first-order valence-electron chi connectivity index (χ1n) is 6.68. The molecule has 0 bridgehead atoms. The molecule has 108 valence electrons. The standard InChI is InChI=1S/C15H20BrN3S/c1-11(2)17-8-13-10-20-15(18-13)19(3)9-12-6-4-5-7-14(12)16/h4-7,10-11,17H,8-9H2,1-3H3. The third kappa shape index (κ3) is 4.30. The zero-order valence-corrected chi connectivity index (χ0v) is 14.5. The van der Waals surface area contributed by atoms with Gasteiger partial charge in [-0.3, -0.25) is 0 Å². The highest BCUT2D eigenvalue weighted by Crippen LogP contribution is 2.23. The van der Waals surface area contributed by atoms with Gasteiger partial charge in [0.2, 0.25) is 0 Å². The lowest BCUT2D eigenvalue weighted by Gasteiger charge is -2.16. The second-order valence-electron chi connectivity index (χ2n) is 5.10. The predicted molar refractivity (Wildman–Crippen MR) is 90.3 cm³/mol. The van der Waals surface area contributed by atoms with Gasteiger partial charge in [0.1, 0.15) is 0 Å². The van der Waals surface area contributed by atoms with Crippen molar-refractivity contribution in [2.45, 2.75) is 33.0 Å². The Morgan fingerprint density at radius 2 is 2.10 bits per heavy atom. The minimum absolute atomic E-state index is 0.484. The van der Waals surface area contributed by atoms with Crippen molar-refractivity contribution in [2.24, 2.45) is 0 Å². The minimum atomic E-state index is 0.484. The van der Waals surface area contributed by atoms with E-state index in [1.54, 1.807) is 11.3 Å². The molecule has 1 aromatic heterocycles. The second-order valence-corrected chi connectivity index (χ2v) is 6.80. The van der Waals surface area contributed by atoms with E-state index in [0.29, 0.717) is 6.04 Å². The van der Waals surface area contributed by atoms with Gasteiger partial charge >= 0.3 is 0 Å². The van der Waals surface area contributed by atoms with Crippen LogP contribution in [0.3, 0.4) is 0 Å². The van der Waals surface area contributed by atoms with E-state index in [-0.39, 0.29) is 0 Å². The van der Waals surface area contributed by atoms with Crippen molar-refractivity contribution < 1.29 is 0 Å². The fraction of sp³-hybridized carbons (Fsp3) is 0.400. The molecule has 0 atom stereocenters. The van der Waals surface area contributed by atoms with Crippen LogP contribution in [-0.4, -0.2) is 18.1 Å². The van der Waals surface area contributed by atoms with Gasteiger partial charge in [-0.05, 0) is 11.6 Å². The number of benzene rings is 1. The largest absolute Gasteiger partial charge is 0.347 e. The minimum Gasteiger partial charge on any atom is -0.347 e. The number of anilines is 1. The Bertz CT molecular complexity index is 554. The molecule has 1 aromatic carbocycles. The SMILES string of the molecule is CC(C)NCc1csc(N(C)Cc2ccccc2Br)n1. The molecule has 0 aliphatic heterocycles. The Morgan fingerprint density at radius 3 is 2.80 bits per heavy atom. The maximum absolute atomic E-state index is 4.67. The maximum atomic E-state index is 4.67. The lowest BCUT2D eigenvalue weighted by molar-refractivity contribution is 0.583. The average Bonchev–Trinajstić information content (AvgIpc) is 2.88. The number of hydrogen-bond donors (Lipinski definition) is 1. The quantitative estimate of drug-likeness (QED) is 0.849. The summed E-state index contributed by atoms with van der Waals surface area (Å²) in [6.45, 7) is 5.97. The van der Waals surface area contributed by atoms with Gasteiger partial charge in [0.15, 0.2) is 5.13 Å². The molecule has 0 fully saturated rings. The zero-order chi connectivity index (χ0) is 14.5. The van der Waals surface area contributed by atoms with Crippen molar-refractivity contribution in [3.8, 4) is 0 Å². The molecular weight excluding hydrogens is 334 g/mol. The Kier molecular flexibility index (Phi) is 5.57. The lowest BCUT2D eigenvalue weighted by Crippen LogP contribution is -2.22. The van der Waals surface area contributed by atoms with Gasteiger partial charge in [0.25, 0.3) is 0 Å². The summed E-state index contributed by atoms with van der Waals surface area (Å²) in [4.78, 5) is 6.86. The molecule has 1 heterocycles. The van der Waals surface area contributed by atoms with E-state index in [0.717, 1.165) is 28.4 Å². The van der Waals surface area contributed by atoms with Crippen LogP contribution in [0, 0.1) is 0 Å². The van der Waals surface area contributed by atoms with Crippen molar-refractivity contribution in [3.63, 3.8) is 0 Å². The predicted octanol–water partition coefficient (Wildman–Crippen LogP) is 4.04. The van der Waals surface area contributed by atoms with Gasteiger partial charge in [-0.1, -0.05) is 48.0 Å². The third-order valence-corrected chi connectivity index (χ3v) is 4.70. The van der Waals surface area contributed by atoms with Gasteiger partial charge in [0, 0.05) is 36.0 Å². The number of halogens is 1.